The molecular weight excluding hydrogens is 432 g/mol. The number of hydrogen-bond donors (Lipinski definition) is 2. The first-order valence-corrected chi connectivity index (χ1v) is 12.2. The molecule has 0 saturated heterocycles. The number of nitrogens with one attached hydrogen (secondary N) is 2. The molecule has 0 amide bonds. The van der Waals surface area contributed by atoms with E-state index in [0.29, 0.717) is 19.1 Å². The zero-order chi connectivity index (χ0) is 23.8. The molecule has 1 atom stereocenters. The summed E-state index contributed by atoms with van der Waals surface area (Å²) < 4.78 is 32.3. The Balaban J connectivity index is 1.31. The number of fused-ring (bicyclic) bond motifs is 1. The molecular formula is C28H35F2N3O. The average molecular weight is 468 g/mol. The number of allylic oxidation sites excluding steroid dienone is 3. The van der Waals surface area contributed by atoms with Gasteiger partial charge < -0.3 is 15.4 Å². The molecule has 1 unspecified atom stereocenters. The highest BCUT2D eigenvalue weighted by atomic mass is 19.1. The summed E-state index contributed by atoms with van der Waals surface area (Å²) in [6.07, 6.45) is 6.53. The topological polar surface area (TPSA) is 36.5 Å². The van der Waals surface area contributed by atoms with Gasteiger partial charge >= 0.3 is 0 Å². The highest BCUT2D eigenvalue weighted by molar-refractivity contribution is 5.44. The Morgan fingerprint density at radius 3 is 2.62 bits per heavy atom. The summed E-state index contributed by atoms with van der Waals surface area (Å²) in [6, 6.07) is 13.9. The standard InChI is InChI=1S/C28H35F2N3O/c1-34-15-13-32-27-10-4-22(5-11-27)19-31-12-14-33-20-23-6-9-26(30)17-24(23)18-28(33)16-21-2-7-25(29)8-3-21/h2,4-7,9-11,17,28,31-32H,3,8,12-16,18-20H2,1H3. The Hall–Kier alpha value is -2.54. The fourth-order valence-electron chi connectivity index (χ4n) is 4.75. The lowest BCUT2D eigenvalue weighted by Crippen LogP contribution is -2.44. The molecule has 4 rings (SSSR count). The molecule has 2 aromatic carbocycles. The van der Waals surface area contributed by atoms with E-state index in [1.54, 1.807) is 25.3 Å². The van der Waals surface area contributed by atoms with Crippen LogP contribution < -0.4 is 10.6 Å². The Morgan fingerprint density at radius 1 is 1.00 bits per heavy atom. The third-order valence-corrected chi connectivity index (χ3v) is 6.69. The van der Waals surface area contributed by atoms with E-state index in [1.165, 1.54) is 16.7 Å². The predicted octanol–water partition coefficient (Wildman–Crippen LogP) is 5.36. The van der Waals surface area contributed by atoms with E-state index in [9.17, 15) is 8.78 Å². The Bertz CT molecular complexity index is 1000. The van der Waals surface area contributed by atoms with E-state index >= 15 is 0 Å². The van der Waals surface area contributed by atoms with Crippen LogP contribution in [0.15, 0.2) is 66.0 Å². The van der Waals surface area contributed by atoms with Gasteiger partial charge in [0.1, 0.15) is 11.6 Å². The fraction of sp³-hybridized carbons (Fsp3) is 0.429. The van der Waals surface area contributed by atoms with E-state index in [1.807, 2.05) is 12.1 Å². The second-order valence-corrected chi connectivity index (χ2v) is 9.18. The molecule has 6 heteroatoms. The summed E-state index contributed by atoms with van der Waals surface area (Å²) in [5, 5.41) is 6.90. The molecule has 182 valence electrons. The summed E-state index contributed by atoms with van der Waals surface area (Å²) >= 11 is 0. The van der Waals surface area contributed by atoms with Crippen molar-refractivity contribution in [3.63, 3.8) is 0 Å². The molecule has 1 heterocycles. The predicted molar refractivity (Wildman–Crippen MR) is 134 cm³/mol. The van der Waals surface area contributed by atoms with Gasteiger partial charge in [-0.15, -0.1) is 0 Å². The number of nitrogens with zero attached hydrogens (tertiary/aromatic N) is 1. The Labute approximate surface area is 201 Å². The minimum atomic E-state index is -0.172. The van der Waals surface area contributed by atoms with Crippen molar-refractivity contribution in [1.29, 1.82) is 0 Å². The summed E-state index contributed by atoms with van der Waals surface area (Å²) in [4.78, 5) is 2.49. The lowest BCUT2D eigenvalue weighted by molar-refractivity contribution is 0.169. The molecule has 0 spiro atoms. The van der Waals surface area contributed by atoms with Gasteiger partial charge in [-0.2, -0.15) is 0 Å². The van der Waals surface area contributed by atoms with Gasteiger partial charge in [-0.1, -0.05) is 29.8 Å². The average Bonchev–Trinajstić information content (AvgIpc) is 2.84. The van der Waals surface area contributed by atoms with Crippen molar-refractivity contribution < 1.29 is 13.5 Å². The van der Waals surface area contributed by atoms with E-state index in [2.05, 4.69) is 39.8 Å². The zero-order valence-electron chi connectivity index (χ0n) is 20.0. The third kappa shape index (κ3) is 6.98. The summed E-state index contributed by atoms with van der Waals surface area (Å²) in [6.45, 7) is 4.90. The van der Waals surface area contributed by atoms with Crippen molar-refractivity contribution >= 4 is 5.69 Å². The SMILES string of the molecule is COCCNc1ccc(CNCCN2Cc3ccc(F)cc3CC2CC2=CC=C(F)CC2)cc1. The van der Waals surface area contributed by atoms with Gasteiger partial charge in [-0.3, -0.25) is 4.90 Å². The number of anilines is 1. The van der Waals surface area contributed by atoms with E-state index < -0.39 is 0 Å². The van der Waals surface area contributed by atoms with Crippen LogP contribution in [0.1, 0.15) is 36.0 Å². The molecule has 1 aliphatic carbocycles. The maximum Gasteiger partial charge on any atom is 0.123 e. The van der Waals surface area contributed by atoms with Crippen LogP contribution in [0.25, 0.3) is 0 Å². The molecule has 34 heavy (non-hydrogen) atoms. The molecule has 0 bridgehead atoms. The van der Waals surface area contributed by atoms with Crippen molar-refractivity contribution in [3.8, 4) is 0 Å². The van der Waals surface area contributed by atoms with Crippen molar-refractivity contribution in [2.45, 2.75) is 44.8 Å². The Morgan fingerprint density at radius 2 is 1.85 bits per heavy atom. The zero-order valence-corrected chi connectivity index (χ0v) is 20.0. The maximum absolute atomic E-state index is 13.8. The summed E-state index contributed by atoms with van der Waals surface area (Å²) in [5.41, 5.74) is 5.93. The van der Waals surface area contributed by atoms with Crippen LogP contribution in [0.5, 0.6) is 0 Å². The minimum absolute atomic E-state index is 0.0420. The van der Waals surface area contributed by atoms with Crippen molar-refractivity contribution in [1.82, 2.24) is 10.2 Å². The van der Waals surface area contributed by atoms with Gasteiger partial charge in [0.25, 0.3) is 0 Å². The molecule has 2 N–H and O–H groups in total. The molecule has 0 aromatic heterocycles. The number of benzene rings is 2. The first-order valence-electron chi connectivity index (χ1n) is 12.2. The first kappa shape index (κ1) is 24.6. The van der Waals surface area contributed by atoms with Gasteiger partial charge in [0.2, 0.25) is 0 Å². The second kappa shape index (κ2) is 12.2. The first-order chi connectivity index (χ1) is 16.6. The van der Waals surface area contributed by atoms with Crippen LogP contribution in [0.4, 0.5) is 14.5 Å². The number of ether oxygens (including phenoxy) is 1. The Kier molecular flexibility index (Phi) is 8.85. The molecule has 2 aliphatic rings. The van der Waals surface area contributed by atoms with E-state index in [4.69, 9.17) is 4.74 Å². The number of methoxy groups -OCH3 is 1. The van der Waals surface area contributed by atoms with Crippen molar-refractivity contribution in [2.24, 2.45) is 0 Å². The highest BCUT2D eigenvalue weighted by Gasteiger charge is 2.27. The summed E-state index contributed by atoms with van der Waals surface area (Å²) in [7, 11) is 1.70. The van der Waals surface area contributed by atoms with Gasteiger partial charge in [0, 0.05) is 58.0 Å². The van der Waals surface area contributed by atoms with Crippen LogP contribution >= 0.6 is 0 Å². The van der Waals surface area contributed by atoms with Crippen LogP contribution in [0.2, 0.25) is 0 Å². The van der Waals surface area contributed by atoms with Crippen LogP contribution in [-0.2, 0) is 24.2 Å². The van der Waals surface area contributed by atoms with E-state index in [-0.39, 0.29) is 11.6 Å². The molecule has 0 radical (unpaired) electrons. The quantitative estimate of drug-likeness (QED) is 0.436. The largest absolute Gasteiger partial charge is 0.383 e. The van der Waals surface area contributed by atoms with Gasteiger partial charge in [-0.05, 0) is 66.3 Å². The highest BCUT2D eigenvalue weighted by Crippen LogP contribution is 2.30. The number of halogens is 2. The van der Waals surface area contributed by atoms with Gasteiger partial charge in [0.15, 0.2) is 0 Å². The van der Waals surface area contributed by atoms with Gasteiger partial charge in [-0.25, -0.2) is 8.78 Å². The molecule has 4 nitrogen and oxygen atoms in total. The van der Waals surface area contributed by atoms with Crippen molar-refractivity contribution in [3.05, 3.63) is 88.5 Å². The van der Waals surface area contributed by atoms with Crippen LogP contribution in [0, 0.1) is 5.82 Å². The lowest BCUT2D eigenvalue weighted by atomic mass is 9.88. The monoisotopic (exact) mass is 467 g/mol. The molecule has 1 aliphatic heterocycles. The van der Waals surface area contributed by atoms with Crippen molar-refractivity contribution in [2.75, 3.05) is 38.7 Å². The fourth-order valence-corrected chi connectivity index (χ4v) is 4.75. The smallest absolute Gasteiger partial charge is 0.123 e. The minimum Gasteiger partial charge on any atom is -0.383 e. The third-order valence-electron chi connectivity index (χ3n) is 6.69. The maximum atomic E-state index is 13.8. The van der Waals surface area contributed by atoms with Gasteiger partial charge in [0.05, 0.1) is 6.61 Å². The number of hydrogen-bond acceptors (Lipinski definition) is 4. The normalized spacial score (nSPS) is 18.3. The summed E-state index contributed by atoms with van der Waals surface area (Å²) in [5.74, 6) is -0.214. The van der Waals surface area contributed by atoms with E-state index in [0.717, 1.165) is 63.2 Å². The van der Waals surface area contributed by atoms with Crippen LogP contribution in [0.3, 0.4) is 0 Å². The molecule has 2 aromatic rings. The lowest BCUT2D eigenvalue weighted by Gasteiger charge is -2.38. The number of rotatable bonds is 11. The molecule has 0 saturated carbocycles. The molecule has 0 fully saturated rings. The van der Waals surface area contributed by atoms with Crippen LogP contribution in [-0.4, -0.2) is 44.3 Å². The second-order valence-electron chi connectivity index (χ2n) is 9.18.